The van der Waals surface area contributed by atoms with Crippen LogP contribution in [0.3, 0.4) is 0 Å². The monoisotopic (exact) mass is 77.0 g/mol. The Morgan fingerprint density at radius 2 is 2.00 bits per heavy atom. The molecule has 1 N–H and O–H groups in total. The van der Waals surface area contributed by atoms with E-state index in [1.807, 2.05) is 0 Å². The Morgan fingerprint density at radius 1 is 1.80 bits per heavy atom. The zero-order valence-electron chi connectivity index (χ0n) is 2.97. The van der Waals surface area contributed by atoms with E-state index in [2.05, 4.69) is 0 Å². The zero-order chi connectivity index (χ0) is 3.41. The van der Waals surface area contributed by atoms with E-state index in [0.29, 0.717) is 7.48 Å². The van der Waals surface area contributed by atoms with Crippen LogP contribution >= 0.6 is 0 Å². The zero-order valence-corrected chi connectivity index (χ0v) is 4.97. The Balaban J connectivity index is 0. The molecule has 0 aromatic heterocycles. The average Bonchev–Trinajstić information content (AvgIpc) is 1.37. The number of nitrogens with zero attached hydrogens (tertiary/aromatic N) is 1. The number of hydrogen-bond acceptors (Lipinski definition) is 2. The fourth-order valence-electron chi connectivity index (χ4n) is 0. The standard InChI is InChI=1S/CHBNO.Na/c3-1-2-4;/h4H;. The summed E-state index contributed by atoms with van der Waals surface area (Å²) in [5, 5.41) is 14.7. The van der Waals surface area contributed by atoms with Gasteiger partial charge in [0.2, 0.25) is 0 Å². The largest absolute Gasteiger partial charge is 0.441 e. The molecule has 0 aliphatic heterocycles. The van der Waals surface area contributed by atoms with Gasteiger partial charge < -0.3 is 5.02 Å². The third-order valence-electron chi connectivity index (χ3n) is 0.0577. The van der Waals surface area contributed by atoms with Gasteiger partial charge in [0.05, 0.1) is 0 Å². The third-order valence-corrected chi connectivity index (χ3v) is 0.0577. The molecular formula is CHBNNaO. The molecule has 0 fully saturated rings. The maximum Gasteiger partial charge on any atom is 0.427 e. The van der Waals surface area contributed by atoms with Gasteiger partial charge in [-0.05, 0) is 0 Å². The Labute approximate surface area is 53.4 Å². The second-order valence-corrected chi connectivity index (χ2v) is 0.258. The summed E-state index contributed by atoms with van der Waals surface area (Å²) in [7, 11) is 0.431. The Hall–Kier alpha value is 0.515. The van der Waals surface area contributed by atoms with Crippen molar-refractivity contribution in [1.82, 2.24) is 0 Å². The van der Waals surface area contributed by atoms with Gasteiger partial charge >= 0.3 is 7.48 Å². The molecule has 0 saturated carbocycles. The summed E-state index contributed by atoms with van der Waals surface area (Å²) < 4.78 is 0. The van der Waals surface area contributed by atoms with E-state index in [0.717, 1.165) is 0 Å². The van der Waals surface area contributed by atoms with Crippen molar-refractivity contribution < 1.29 is 5.02 Å². The van der Waals surface area contributed by atoms with Gasteiger partial charge in [0, 0.05) is 35.5 Å². The Kier molecular flexibility index (Phi) is 16.0. The van der Waals surface area contributed by atoms with E-state index in [9.17, 15) is 0 Å². The smallest absolute Gasteiger partial charge is 0.427 e. The number of hydrogen-bond donors (Lipinski definition) is 1. The van der Waals surface area contributed by atoms with Gasteiger partial charge in [-0.3, -0.25) is 0 Å². The summed E-state index contributed by atoms with van der Waals surface area (Å²) in [6.07, 6.45) is 0. The predicted molar refractivity (Wildman–Crippen MR) is 19.3 cm³/mol. The number of rotatable bonds is 0. The number of nitriles is 1. The van der Waals surface area contributed by atoms with Crippen LogP contribution in [0.4, 0.5) is 0 Å². The van der Waals surface area contributed by atoms with Crippen LogP contribution < -0.4 is 0 Å². The SMILES string of the molecule is N#C[B]O.[Na]. The second-order valence-electron chi connectivity index (χ2n) is 0.258. The fourth-order valence-corrected chi connectivity index (χ4v) is 0. The van der Waals surface area contributed by atoms with Gasteiger partial charge in [0.1, 0.15) is 0 Å². The Bertz CT molecular complexity index is 41.4. The minimum absolute atomic E-state index is 0. The molecular weight excluding hydrogens is 75.8 g/mol. The second kappa shape index (κ2) is 8.82. The van der Waals surface area contributed by atoms with Gasteiger partial charge in [0.25, 0.3) is 0 Å². The molecule has 0 aromatic carbocycles. The first-order valence-electron chi connectivity index (χ1n) is 0.770. The summed E-state index contributed by atoms with van der Waals surface area (Å²) in [6, 6.07) is 0. The van der Waals surface area contributed by atoms with Crippen molar-refractivity contribution in [1.29, 1.82) is 5.26 Å². The topological polar surface area (TPSA) is 44.0 Å². The molecule has 0 spiro atoms. The normalized spacial score (nSPS) is 3.20. The first-order chi connectivity index (χ1) is 1.91. The molecule has 0 rings (SSSR count). The van der Waals surface area contributed by atoms with Crippen LogP contribution in [0.25, 0.3) is 0 Å². The molecule has 0 aliphatic rings. The molecule has 0 bridgehead atoms. The van der Waals surface area contributed by atoms with Crippen LogP contribution in [-0.2, 0) is 0 Å². The quantitative estimate of drug-likeness (QED) is 0.365. The summed E-state index contributed by atoms with van der Waals surface area (Å²) in [6.45, 7) is 0. The molecule has 0 saturated heterocycles. The van der Waals surface area contributed by atoms with E-state index in [1.54, 1.807) is 0 Å². The van der Waals surface area contributed by atoms with Crippen LogP contribution in [-0.4, -0.2) is 42.1 Å². The van der Waals surface area contributed by atoms with Gasteiger partial charge in [-0.2, -0.15) is 0 Å². The first-order valence-corrected chi connectivity index (χ1v) is 0.770. The van der Waals surface area contributed by atoms with Crippen molar-refractivity contribution in [3.8, 4) is 5.97 Å². The van der Waals surface area contributed by atoms with Crippen LogP contribution in [0, 0.1) is 11.2 Å². The molecule has 0 unspecified atom stereocenters. The third kappa shape index (κ3) is 12.4. The van der Waals surface area contributed by atoms with Crippen LogP contribution in [0.5, 0.6) is 0 Å². The van der Waals surface area contributed by atoms with Crippen molar-refractivity contribution in [3.05, 3.63) is 0 Å². The summed E-state index contributed by atoms with van der Waals surface area (Å²) in [4.78, 5) is 0. The minimum atomic E-state index is 0. The summed E-state index contributed by atoms with van der Waals surface area (Å²) in [5.41, 5.74) is 0. The van der Waals surface area contributed by atoms with Gasteiger partial charge in [-0.25, -0.2) is 5.26 Å². The van der Waals surface area contributed by atoms with Crippen LogP contribution in [0.15, 0.2) is 0 Å². The predicted octanol–water partition coefficient (Wildman–Crippen LogP) is -1.30. The molecule has 4 heteroatoms. The first kappa shape index (κ1) is 9.10. The molecule has 2 nitrogen and oxygen atoms in total. The van der Waals surface area contributed by atoms with Crippen molar-refractivity contribution in [2.75, 3.05) is 0 Å². The summed E-state index contributed by atoms with van der Waals surface area (Å²) >= 11 is 0. The van der Waals surface area contributed by atoms with E-state index in [1.165, 1.54) is 5.97 Å². The van der Waals surface area contributed by atoms with Crippen LogP contribution in [0.2, 0.25) is 0 Å². The molecule has 0 aliphatic carbocycles. The van der Waals surface area contributed by atoms with E-state index >= 15 is 0 Å². The molecule has 5 heavy (non-hydrogen) atoms. The molecule has 0 amide bonds. The van der Waals surface area contributed by atoms with Crippen LogP contribution in [0.1, 0.15) is 0 Å². The van der Waals surface area contributed by atoms with Gasteiger partial charge in [-0.1, -0.05) is 0 Å². The molecule has 20 valence electrons. The Morgan fingerprint density at radius 3 is 2.00 bits per heavy atom. The maximum absolute atomic E-state index is 7.39. The summed E-state index contributed by atoms with van der Waals surface area (Å²) in [5.74, 6) is 1.36. The van der Waals surface area contributed by atoms with Crippen molar-refractivity contribution in [2.45, 2.75) is 0 Å². The van der Waals surface area contributed by atoms with E-state index in [4.69, 9.17) is 10.3 Å². The fraction of sp³-hybridized carbons (Fsp3) is 0. The molecule has 0 atom stereocenters. The van der Waals surface area contributed by atoms with Crippen molar-refractivity contribution in [3.63, 3.8) is 0 Å². The molecule has 2 radical (unpaired) electrons. The molecule has 0 heterocycles. The molecule has 0 aromatic rings. The van der Waals surface area contributed by atoms with Crippen molar-refractivity contribution >= 4 is 37.0 Å². The van der Waals surface area contributed by atoms with Gasteiger partial charge in [-0.15, -0.1) is 0 Å². The van der Waals surface area contributed by atoms with Gasteiger partial charge in [0.15, 0.2) is 0 Å². The van der Waals surface area contributed by atoms with E-state index < -0.39 is 0 Å². The van der Waals surface area contributed by atoms with E-state index in [-0.39, 0.29) is 29.6 Å². The van der Waals surface area contributed by atoms with Crippen molar-refractivity contribution in [2.24, 2.45) is 0 Å². The minimum Gasteiger partial charge on any atom is -0.441 e. The maximum atomic E-state index is 7.39. The average molecular weight is 76.8 g/mol.